The van der Waals surface area contributed by atoms with E-state index in [1.807, 2.05) is 23.9 Å². The lowest BCUT2D eigenvalue weighted by Crippen LogP contribution is -2.16. The number of nitrogens with one attached hydrogen (secondary N) is 2. The second-order valence-electron chi connectivity index (χ2n) is 3.40. The number of anilines is 2. The molecule has 0 aliphatic heterocycles. The highest BCUT2D eigenvalue weighted by atomic mass is 32.2. The van der Waals surface area contributed by atoms with Crippen molar-refractivity contribution in [2.24, 2.45) is 5.84 Å². The molecule has 5 heteroatoms. The summed E-state index contributed by atoms with van der Waals surface area (Å²) in [5, 5.41) is 3.40. The van der Waals surface area contributed by atoms with Gasteiger partial charge in [0.05, 0.1) is 0 Å². The molecule has 0 bridgehead atoms. The van der Waals surface area contributed by atoms with Crippen LogP contribution in [-0.4, -0.2) is 23.0 Å². The van der Waals surface area contributed by atoms with Crippen molar-refractivity contribution in [2.75, 3.05) is 22.8 Å². The first-order valence-electron chi connectivity index (χ1n) is 4.94. The molecule has 0 aromatic carbocycles. The number of hydrazine groups is 1. The third kappa shape index (κ3) is 4.40. The van der Waals surface area contributed by atoms with Crippen molar-refractivity contribution in [2.45, 2.75) is 19.4 Å². The summed E-state index contributed by atoms with van der Waals surface area (Å²) >= 11 is 1.86. The van der Waals surface area contributed by atoms with Gasteiger partial charge in [0.2, 0.25) is 0 Å². The molecule has 4 nitrogen and oxygen atoms in total. The fraction of sp³-hybridized carbons (Fsp3) is 0.500. The molecule has 15 heavy (non-hydrogen) atoms. The molecule has 0 fully saturated rings. The van der Waals surface area contributed by atoms with Gasteiger partial charge < -0.3 is 10.7 Å². The number of nitrogen functional groups attached to an aromatic ring is 1. The Hall–Kier alpha value is -0.940. The number of aromatic nitrogens is 1. The van der Waals surface area contributed by atoms with Gasteiger partial charge in [-0.1, -0.05) is 0 Å². The first-order chi connectivity index (χ1) is 7.26. The summed E-state index contributed by atoms with van der Waals surface area (Å²) in [5.41, 5.74) is 3.58. The topological polar surface area (TPSA) is 63.0 Å². The summed E-state index contributed by atoms with van der Waals surface area (Å²) < 4.78 is 0. The van der Waals surface area contributed by atoms with Crippen LogP contribution >= 0.6 is 11.8 Å². The minimum absolute atomic E-state index is 0.463. The van der Waals surface area contributed by atoms with Crippen molar-refractivity contribution >= 4 is 23.3 Å². The molecule has 1 rings (SSSR count). The largest absolute Gasteiger partial charge is 0.382 e. The second kappa shape index (κ2) is 6.53. The monoisotopic (exact) mass is 226 g/mol. The smallest absolute Gasteiger partial charge is 0.141 e. The molecule has 1 unspecified atom stereocenters. The molecule has 0 amide bonds. The van der Waals surface area contributed by atoms with Gasteiger partial charge in [-0.2, -0.15) is 11.8 Å². The van der Waals surface area contributed by atoms with Gasteiger partial charge in [0.1, 0.15) is 5.82 Å². The summed E-state index contributed by atoms with van der Waals surface area (Å²) in [7, 11) is 0. The lowest BCUT2D eigenvalue weighted by Gasteiger charge is -2.14. The normalized spacial score (nSPS) is 12.2. The average molecular weight is 226 g/mol. The van der Waals surface area contributed by atoms with E-state index in [-0.39, 0.29) is 0 Å². The van der Waals surface area contributed by atoms with E-state index in [2.05, 4.69) is 28.9 Å². The zero-order valence-electron chi connectivity index (χ0n) is 9.16. The number of rotatable bonds is 6. The van der Waals surface area contributed by atoms with Gasteiger partial charge in [-0.25, -0.2) is 10.8 Å². The fourth-order valence-corrected chi connectivity index (χ4v) is 1.84. The van der Waals surface area contributed by atoms with Crippen LogP contribution in [0.15, 0.2) is 18.3 Å². The molecule has 1 aromatic rings. The Morgan fingerprint density at radius 2 is 2.40 bits per heavy atom. The van der Waals surface area contributed by atoms with Gasteiger partial charge in [0, 0.05) is 24.0 Å². The van der Waals surface area contributed by atoms with Crippen molar-refractivity contribution < 1.29 is 0 Å². The Kier molecular flexibility index (Phi) is 5.28. The molecule has 4 N–H and O–H groups in total. The van der Waals surface area contributed by atoms with Gasteiger partial charge in [0.25, 0.3) is 0 Å². The van der Waals surface area contributed by atoms with E-state index in [1.165, 1.54) is 5.75 Å². The van der Waals surface area contributed by atoms with E-state index < -0.39 is 0 Å². The Morgan fingerprint density at radius 3 is 3.07 bits per heavy atom. The van der Waals surface area contributed by atoms with Crippen LogP contribution in [0.5, 0.6) is 0 Å². The quantitative estimate of drug-likeness (QED) is 0.511. The van der Waals surface area contributed by atoms with E-state index in [9.17, 15) is 0 Å². The molecule has 0 aliphatic rings. The third-order valence-electron chi connectivity index (χ3n) is 2.08. The molecule has 0 saturated carbocycles. The molecule has 84 valence electrons. The maximum Gasteiger partial charge on any atom is 0.141 e. The third-order valence-corrected chi connectivity index (χ3v) is 2.72. The van der Waals surface area contributed by atoms with E-state index in [0.717, 1.165) is 12.1 Å². The zero-order valence-corrected chi connectivity index (χ0v) is 9.97. The van der Waals surface area contributed by atoms with Gasteiger partial charge in [0.15, 0.2) is 0 Å². The summed E-state index contributed by atoms with van der Waals surface area (Å²) in [6.45, 7) is 2.17. The molecule has 0 aliphatic carbocycles. The van der Waals surface area contributed by atoms with E-state index in [4.69, 9.17) is 5.84 Å². The number of nitrogens with zero attached hydrogens (tertiary/aromatic N) is 1. The standard InChI is InChI=1S/C10H18N4S/c1-8(4-6-15-2)13-9-3-5-12-10(7-9)14-11/h3,5,7-8H,4,6,11H2,1-2H3,(H2,12,13,14). The molecule has 0 saturated heterocycles. The van der Waals surface area contributed by atoms with Gasteiger partial charge in [-0.3, -0.25) is 0 Å². The van der Waals surface area contributed by atoms with Crippen LogP contribution in [-0.2, 0) is 0 Å². The Labute approximate surface area is 95.0 Å². The maximum absolute atomic E-state index is 5.29. The van der Waals surface area contributed by atoms with Crippen LogP contribution in [0.4, 0.5) is 11.5 Å². The number of hydrogen-bond donors (Lipinski definition) is 3. The highest BCUT2D eigenvalue weighted by Crippen LogP contribution is 2.13. The SMILES string of the molecule is CSCCC(C)Nc1ccnc(NN)c1. The van der Waals surface area contributed by atoms with Crippen molar-refractivity contribution in [1.82, 2.24) is 4.98 Å². The van der Waals surface area contributed by atoms with Crippen LogP contribution in [0.3, 0.4) is 0 Å². The minimum Gasteiger partial charge on any atom is -0.382 e. The van der Waals surface area contributed by atoms with Crippen molar-refractivity contribution in [1.29, 1.82) is 0 Å². The molecule has 0 radical (unpaired) electrons. The Balaban J connectivity index is 2.48. The molecular weight excluding hydrogens is 208 g/mol. The first-order valence-corrected chi connectivity index (χ1v) is 6.33. The Bertz CT molecular complexity index is 293. The number of thioether (sulfide) groups is 1. The molecule has 1 aromatic heterocycles. The summed E-state index contributed by atoms with van der Waals surface area (Å²) in [4.78, 5) is 4.05. The number of nitrogens with two attached hydrogens (primary N) is 1. The maximum atomic E-state index is 5.29. The highest BCUT2D eigenvalue weighted by molar-refractivity contribution is 7.98. The lowest BCUT2D eigenvalue weighted by molar-refractivity contribution is 0.772. The van der Waals surface area contributed by atoms with E-state index in [0.29, 0.717) is 11.9 Å². The summed E-state index contributed by atoms with van der Waals surface area (Å²) in [5.74, 6) is 7.13. The average Bonchev–Trinajstić information content (AvgIpc) is 2.26. The highest BCUT2D eigenvalue weighted by Gasteiger charge is 2.02. The number of pyridine rings is 1. The predicted molar refractivity (Wildman–Crippen MR) is 68.1 cm³/mol. The fourth-order valence-electron chi connectivity index (χ4n) is 1.25. The lowest BCUT2D eigenvalue weighted by atomic mass is 10.2. The molecule has 0 spiro atoms. The van der Waals surface area contributed by atoms with Crippen LogP contribution < -0.4 is 16.6 Å². The van der Waals surface area contributed by atoms with E-state index >= 15 is 0 Å². The van der Waals surface area contributed by atoms with Crippen LogP contribution in [0.2, 0.25) is 0 Å². The molecule has 1 atom stereocenters. The first kappa shape index (κ1) is 12.1. The molecule has 1 heterocycles. The van der Waals surface area contributed by atoms with Crippen LogP contribution in [0.25, 0.3) is 0 Å². The zero-order chi connectivity index (χ0) is 11.1. The van der Waals surface area contributed by atoms with Gasteiger partial charge in [-0.15, -0.1) is 0 Å². The van der Waals surface area contributed by atoms with Gasteiger partial charge >= 0.3 is 0 Å². The van der Waals surface area contributed by atoms with Crippen molar-refractivity contribution in [3.05, 3.63) is 18.3 Å². The van der Waals surface area contributed by atoms with E-state index in [1.54, 1.807) is 6.20 Å². The second-order valence-corrected chi connectivity index (χ2v) is 4.39. The minimum atomic E-state index is 0.463. The summed E-state index contributed by atoms with van der Waals surface area (Å²) in [6.07, 6.45) is 5.00. The molecular formula is C10H18N4S. The Morgan fingerprint density at radius 1 is 1.60 bits per heavy atom. The van der Waals surface area contributed by atoms with Crippen molar-refractivity contribution in [3.63, 3.8) is 0 Å². The summed E-state index contributed by atoms with van der Waals surface area (Å²) in [6, 6.07) is 4.30. The van der Waals surface area contributed by atoms with Crippen LogP contribution in [0, 0.1) is 0 Å². The number of hydrogen-bond acceptors (Lipinski definition) is 5. The van der Waals surface area contributed by atoms with Gasteiger partial charge in [-0.05, 0) is 31.4 Å². The van der Waals surface area contributed by atoms with Crippen molar-refractivity contribution in [3.8, 4) is 0 Å². The predicted octanol–water partition coefficient (Wildman–Crippen LogP) is 1.92. The van der Waals surface area contributed by atoms with Crippen LogP contribution in [0.1, 0.15) is 13.3 Å².